The molecule has 0 unspecified atom stereocenters. The first-order chi connectivity index (χ1) is 16.0. The van der Waals surface area contributed by atoms with Crippen LogP contribution >= 0.6 is 11.6 Å². The lowest BCUT2D eigenvalue weighted by atomic mass is 9.88. The number of hydrogen-bond donors (Lipinski definition) is 1. The molecule has 33 heavy (non-hydrogen) atoms. The number of halogens is 1. The van der Waals surface area contributed by atoms with Gasteiger partial charge in [-0.3, -0.25) is 9.59 Å². The molecule has 0 radical (unpaired) electrons. The summed E-state index contributed by atoms with van der Waals surface area (Å²) in [6, 6.07) is 22.1. The summed E-state index contributed by atoms with van der Waals surface area (Å²) in [5.41, 5.74) is 3.65. The van der Waals surface area contributed by atoms with Crippen molar-refractivity contribution in [2.75, 3.05) is 11.4 Å². The number of carbonyl (C=O) groups is 2. The Morgan fingerprint density at radius 2 is 1.73 bits per heavy atom. The fourth-order valence-corrected chi connectivity index (χ4v) is 5.01. The Labute approximate surface area is 198 Å². The van der Waals surface area contributed by atoms with Crippen LogP contribution in [-0.4, -0.2) is 23.3 Å². The number of carbonyl (C=O) groups excluding carboxylic acids is 2. The zero-order chi connectivity index (χ0) is 23.0. The van der Waals surface area contributed by atoms with Gasteiger partial charge in [0.15, 0.2) is 11.4 Å². The van der Waals surface area contributed by atoms with Gasteiger partial charge in [0, 0.05) is 22.7 Å². The van der Waals surface area contributed by atoms with E-state index in [2.05, 4.69) is 30.3 Å². The van der Waals surface area contributed by atoms with Gasteiger partial charge < -0.3 is 10.0 Å². The molecule has 0 saturated heterocycles. The van der Waals surface area contributed by atoms with Crippen LogP contribution in [0.3, 0.4) is 0 Å². The maximum Gasteiger partial charge on any atom is 0.264 e. The van der Waals surface area contributed by atoms with Crippen LogP contribution < -0.4 is 4.90 Å². The Bertz CT molecular complexity index is 1260. The number of nitrogens with zero attached hydrogens (tertiary/aromatic N) is 1. The summed E-state index contributed by atoms with van der Waals surface area (Å²) < 4.78 is 0. The van der Waals surface area contributed by atoms with Gasteiger partial charge in [-0.1, -0.05) is 60.1 Å². The van der Waals surface area contributed by atoms with Crippen LogP contribution in [-0.2, 0) is 16.8 Å². The number of aliphatic hydroxyl groups is 1. The van der Waals surface area contributed by atoms with E-state index >= 15 is 0 Å². The third-order valence-corrected chi connectivity index (χ3v) is 6.83. The van der Waals surface area contributed by atoms with Gasteiger partial charge in [0.05, 0.1) is 12.1 Å². The van der Waals surface area contributed by atoms with Crippen LogP contribution in [0.4, 0.5) is 5.69 Å². The van der Waals surface area contributed by atoms with Crippen LogP contribution in [0.1, 0.15) is 46.3 Å². The smallest absolute Gasteiger partial charge is 0.264 e. The highest BCUT2D eigenvalue weighted by Gasteiger charge is 2.50. The van der Waals surface area contributed by atoms with E-state index in [0.29, 0.717) is 28.4 Å². The zero-order valence-electron chi connectivity index (χ0n) is 18.1. The molecule has 0 spiro atoms. The summed E-state index contributed by atoms with van der Waals surface area (Å²) in [4.78, 5) is 28.0. The lowest BCUT2D eigenvalue weighted by Crippen LogP contribution is -2.42. The standard InChI is InChI=1S/C28H24ClNO3/c29-22-15-13-21(14-16-22)26(31)18-28(33)24-9-3-4-10-25(24)30(27(28)32)17-5-7-20-12-11-19-6-1-2-8-23(19)20/h1-4,6,8-10,12-16,33H,5,7,11,17-18H2/t28-/m1/s1. The van der Waals surface area contributed by atoms with E-state index in [4.69, 9.17) is 11.6 Å². The van der Waals surface area contributed by atoms with Crippen molar-refractivity contribution in [2.24, 2.45) is 0 Å². The molecule has 3 aromatic carbocycles. The van der Waals surface area contributed by atoms with Gasteiger partial charge >= 0.3 is 0 Å². The van der Waals surface area contributed by atoms with E-state index in [-0.39, 0.29) is 12.2 Å². The van der Waals surface area contributed by atoms with Crippen molar-refractivity contribution in [1.82, 2.24) is 0 Å². The second-order valence-corrected chi connectivity index (χ2v) is 9.07. The number of hydrogen-bond acceptors (Lipinski definition) is 3. The molecule has 0 saturated carbocycles. The second kappa shape index (κ2) is 8.62. The number of ketones is 1. The Morgan fingerprint density at radius 3 is 2.55 bits per heavy atom. The summed E-state index contributed by atoms with van der Waals surface area (Å²) in [6.07, 6.45) is 4.52. The number of benzene rings is 3. The van der Waals surface area contributed by atoms with Crippen molar-refractivity contribution < 1.29 is 14.7 Å². The highest BCUT2D eigenvalue weighted by atomic mass is 35.5. The van der Waals surface area contributed by atoms with Gasteiger partial charge in [-0.2, -0.15) is 0 Å². The normalized spacial score (nSPS) is 18.8. The fraction of sp³-hybridized carbons (Fsp3) is 0.214. The Kier molecular flexibility index (Phi) is 5.65. The Morgan fingerprint density at radius 1 is 1.00 bits per heavy atom. The van der Waals surface area contributed by atoms with Gasteiger partial charge in [0.2, 0.25) is 0 Å². The molecule has 5 heteroatoms. The lowest BCUT2D eigenvalue weighted by Gasteiger charge is -2.23. The van der Waals surface area contributed by atoms with E-state index < -0.39 is 11.5 Å². The minimum atomic E-state index is -1.87. The molecule has 1 N–H and O–H groups in total. The SMILES string of the molecule is O=C(C[C@]1(O)C(=O)N(CCCC2=CCc3ccccc32)c2ccccc21)c1ccc(Cl)cc1. The first kappa shape index (κ1) is 21.6. The quantitative estimate of drug-likeness (QED) is 0.472. The molecule has 0 bridgehead atoms. The molecule has 4 nitrogen and oxygen atoms in total. The van der Waals surface area contributed by atoms with Crippen LogP contribution in [0.25, 0.3) is 5.57 Å². The predicted molar refractivity (Wildman–Crippen MR) is 130 cm³/mol. The van der Waals surface area contributed by atoms with Crippen molar-refractivity contribution in [2.45, 2.75) is 31.3 Å². The second-order valence-electron chi connectivity index (χ2n) is 8.64. The average Bonchev–Trinajstić information content (AvgIpc) is 3.33. The van der Waals surface area contributed by atoms with Crippen LogP contribution in [0, 0.1) is 0 Å². The number of Topliss-reactive ketones (excluding diaryl/α,β-unsaturated/α-hetero) is 1. The van der Waals surface area contributed by atoms with Gasteiger partial charge in [0.1, 0.15) is 0 Å². The molecule has 5 rings (SSSR count). The van der Waals surface area contributed by atoms with Crippen LogP contribution in [0.5, 0.6) is 0 Å². The zero-order valence-corrected chi connectivity index (χ0v) is 18.9. The number of fused-ring (bicyclic) bond motifs is 2. The molecule has 2 aliphatic rings. The summed E-state index contributed by atoms with van der Waals surface area (Å²) in [7, 11) is 0. The number of anilines is 1. The summed E-state index contributed by atoms with van der Waals surface area (Å²) >= 11 is 5.92. The van der Waals surface area contributed by atoms with Crippen molar-refractivity contribution in [3.05, 3.63) is 106 Å². The summed E-state index contributed by atoms with van der Waals surface area (Å²) in [5.74, 6) is -0.737. The summed E-state index contributed by atoms with van der Waals surface area (Å²) in [5, 5.41) is 12.0. The van der Waals surface area contributed by atoms with E-state index in [1.165, 1.54) is 16.7 Å². The van der Waals surface area contributed by atoms with Crippen LogP contribution in [0.2, 0.25) is 5.02 Å². The molecule has 1 heterocycles. The molecule has 1 aliphatic carbocycles. The Hall–Kier alpha value is -3.21. The maximum absolute atomic E-state index is 13.4. The topological polar surface area (TPSA) is 57.6 Å². The third kappa shape index (κ3) is 3.90. The third-order valence-electron chi connectivity index (χ3n) is 6.58. The van der Waals surface area contributed by atoms with Crippen molar-refractivity contribution in [1.29, 1.82) is 0 Å². The van der Waals surface area contributed by atoms with Crippen molar-refractivity contribution >= 4 is 34.6 Å². The Balaban J connectivity index is 1.33. The van der Waals surface area contributed by atoms with Gasteiger partial charge in [-0.15, -0.1) is 0 Å². The largest absolute Gasteiger partial charge is 0.375 e. The van der Waals surface area contributed by atoms with Crippen LogP contribution in [0.15, 0.2) is 78.9 Å². The highest BCUT2D eigenvalue weighted by Crippen LogP contribution is 2.43. The van der Waals surface area contributed by atoms with Gasteiger partial charge in [-0.05, 0) is 66.3 Å². The average molecular weight is 458 g/mol. The molecular formula is C28H24ClNO3. The van der Waals surface area contributed by atoms with E-state index in [1.54, 1.807) is 41.3 Å². The molecule has 1 atom stereocenters. The maximum atomic E-state index is 13.4. The number of amides is 1. The van der Waals surface area contributed by atoms with E-state index in [0.717, 1.165) is 19.3 Å². The molecule has 0 aromatic heterocycles. The van der Waals surface area contributed by atoms with Gasteiger partial charge in [-0.25, -0.2) is 0 Å². The molecule has 0 fully saturated rings. The molecule has 166 valence electrons. The highest BCUT2D eigenvalue weighted by molar-refractivity contribution is 6.30. The number of para-hydroxylation sites is 1. The predicted octanol–water partition coefficient (Wildman–Crippen LogP) is 5.57. The lowest BCUT2D eigenvalue weighted by molar-refractivity contribution is -0.135. The molecular weight excluding hydrogens is 434 g/mol. The summed E-state index contributed by atoms with van der Waals surface area (Å²) in [6.45, 7) is 0.479. The fourth-order valence-electron chi connectivity index (χ4n) is 4.89. The number of rotatable bonds is 7. The first-order valence-electron chi connectivity index (χ1n) is 11.2. The first-order valence-corrected chi connectivity index (χ1v) is 11.5. The van der Waals surface area contributed by atoms with Gasteiger partial charge in [0.25, 0.3) is 5.91 Å². The minimum Gasteiger partial charge on any atom is -0.375 e. The van der Waals surface area contributed by atoms with E-state index in [1.807, 2.05) is 12.1 Å². The molecule has 1 aliphatic heterocycles. The number of allylic oxidation sites excluding steroid dienone is 2. The van der Waals surface area contributed by atoms with E-state index in [9.17, 15) is 14.7 Å². The van der Waals surface area contributed by atoms with Crippen molar-refractivity contribution in [3.8, 4) is 0 Å². The monoisotopic (exact) mass is 457 g/mol. The molecule has 1 amide bonds. The minimum absolute atomic E-state index is 0.299. The van der Waals surface area contributed by atoms with Crippen molar-refractivity contribution in [3.63, 3.8) is 0 Å². The molecule has 3 aromatic rings.